The maximum absolute atomic E-state index is 13.0. The summed E-state index contributed by atoms with van der Waals surface area (Å²) in [7, 11) is -2.41. The Balaban J connectivity index is 2.00. The molecule has 1 amide bonds. The number of aliphatic carboxylic acids is 1. The first-order chi connectivity index (χ1) is 12.7. The van der Waals surface area contributed by atoms with Crippen molar-refractivity contribution in [2.24, 2.45) is 0 Å². The van der Waals surface area contributed by atoms with E-state index < -0.39 is 27.4 Å². The molecule has 1 N–H and O–H groups in total. The van der Waals surface area contributed by atoms with Gasteiger partial charge in [-0.25, -0.2) is 13.2 Å². The Morgan fingerprint density at radius 1 is 1.15 bits per heavy atom. The average Bonchev–Trinajstić information content (AvgIpc) is 3.31. The van der Waals surface area contributed by atoms with E-state index in [1.807, 2.05) is 0 Å². The first-order valence-electron chi connectivity index (χ1n) is 8.95. The lowest BCUT2D eigenvalue weighted by molar-refractivity contribution is -0.147. The zero-order chi connectivity index (χ0) is 19.8. The van der Waals surface area contributed by atoms with Crippen LogP contribution in [0.15, 0.2) is 23.1 Å². The lowest BCUT2D eigenvalue weighted by Crippen LogP contribution is -2.50. The molecule has 0 radical (unpaired) electrons. The van der Waals surface area contributed by atoms with Gasteiger partial charge in [-0.05, 0) is 50.8 Å². The Morgan fingerprint density at radius 3 is 2.41 bits per heavy atom. The van der Waals surface area contributed by atoms with Gasteiger partial charge in [0.15, 0.2) is 0 Å². The molecule has 0 saturated carbocycles. The number of carboxylic acids is 1. The number of benzene rings is 1. The molecule has 0 spiro atoms. The number of rotatable bonds is 5. The molecule has 2 fully saturated rings. The van der Waals surface area contributed by atoms with Gasteiger partial charge < -0.3 is 14.7 Å². The van der Waals surface area contributed by atoms with Crippen LogP contribution in [-0.2, 0) is 14.8 Å². The largest absolute Gasteiger partial charge is 0.495 e. The van der Waals surface area contributed by atoms with Crippen LogP contribution in [0, 0.1) is 0 Å². The van der Waals surface area contributed by atoms with Gasteiger partial charge in [0.05, 0.1) is 7.11 Å². The van der Waals surface area contributed by atoms with Gasteiger partial charge in [0, 0.05) is 25.2 Å². The van der Waals surface area contributed by atoms with E-state index >= 15 is 0 Å². The first-order valence-corrected chi connectivity index (χ1v) is 10.4. The monoisotopic (exact) mass is 396 g/mol. The average molecular weight is 396 g/mol. The van der Waals surface area contributed by atoms with Gasteiger partial charge in [-0.2, -0.15) is 4.31 Å². The summed E-state index contributed by atoms with van der Waals surface area (Å²) < 4.78 is 32.5. The van der Waals surface area contributed by atoms with Gasteiger partial charge in [0.2, 0.25) is 10.0 Å². The number of carbonyl (C=O) groups excluding carboxylic acids is 1. The predicted octanol–water partition coefficient (Wildman–Crippen LogP) is 1.56. The van der Waals surface area contributed by atoms with E-state index in [1.165, 1.54) is 41.4 Å². The standard InChI is InChI=1S/C18H24N2O6S/c1-18(17(22)23)8-5-11-20(18)16(21)13-6-7-14(26-2)15(12-13)27(24,25)19-9-3-4-10-19/h6-7,12H,3-5,8-11H2,1-2H3,(H,22,23). The molecule has 2 aliphatic heterocycles. The maximum Gasteiger partial charge on any atom is 0.329 e. The third-order valence-electron chi connectivity index (χ3n) is 5.44. The second-order valence-corrected chi connectivity index (χ2v) is 9.02. The van der Waals surface area contributed by atoms with E-state index in [0.717, 1.165) is 12.8 Å². The predicted molar refractivity (Wildman–Crippen MR) is 97.3 cm³/mol. The fourth-order valence-electron chi connectivity index (χ4n) is 3.75. The number of methoxy groups -OCH3 is 1. The normalized spacial score (nSPS) is 23.6. The highest BCUT2D eigenvalue weighted by Gasteiger charge is 2.46. The Bertz CT molecular complexity index is 863. The Kier molecular flexibility index (Phi) is 5.18. The second kappa shape index (κ2) is 7.12. The summed E-state index contributed by atoms with van der Waals surface area (Å²) >= 11 is 0. The number of likely N-dealkylation sites (tertiary alicyclic amines) is 1. The summed E-state index contributed by atoms with van der Waals surface area (Å²) in [4.78, 5) is 25.9. The van der Waals surface area contributed by atoms with Crippen LogP contribution in [0.5, 0.6) is 5.75 Å². The molecule has 1 unspecified atom stereocenters. The molecule has 148 valence electrons. The van der Waals surface area contributed by atoms with Crippen molar-refractivity contribution in [3.63, 3.8) is 0 Å². The topological polar surface area (TPSA) is 104 Å². The number of carbonyl (C=O) groups is 2. The van der Waals surface area contributed by atoms with E-state index in [-0.39, 0.29) is 16.2 Å². The van der Waals surface area contributed by atoms with Gasteiger partial charge in [0.25, 0.3) is 5.91 Å². The van der Waals surface area contributed by atoms with Crippen molar-refractivity contribution < 1.29 is 27.9 Å². The summed E-state index contributed by atoms with van der Waals surface area (Å²) in [6, 6.07) is 4.23. The lowest BCUT2D eigenvalue weighted by Gasteiger charge is -2.31. The van der Waals surface area contributed by atoms with E-state index in [0.29, 0.717) is 32.5 Å². The molecule has 9 heteroatoms. The fourth-order valence-corrected chi connectivity index (χ4v) is 5.44. The second-order valence-electron chi connectivity index (χ2n) is 7.12. The van der Waals surface area contributed by atoms with Crippen LogP contribution < -0.4 is 4.74 Å². The maximum atomic E-state index is 13.0. The molecule has 1 aromatic rings. The minimum atomic E-state index is -3.78. The molecule has 1 aromatic carbocycles. The molecule has 8 nitrogen and oxygen atoms in total. The van der Waals surface area contributed by atoms with Crippen molar-refractivity contribution in [1.29, 1.82) is 0 Å². The Labute approximate surface area is 158 Å². The van der Waals surface area contributed by atoms with Gasteiger partial charge >= 0.3 is 5.97 Å². The van der Waals surface area contributed by atoms with Crippen LogP contribution in [0.25, 0.3) is 0 Å². The Morgan fingerprint density at radius 2 is 1.81 bits per heavy atom. The first kappa shape index (κ1) is 19.6. The SMILES string of the molecule is COc1ccc(C(=O)N2CCCC2(C)C(=O)O)cc1S(=O)(=O)N1CCCC1. The molecule has 2 aliphatic rings. The highest BCUT2D eigenvalue weighted by atomic mass is 32.2. The molecule has 1 atom stereocenters. The number of hydrogen-bond acceptors (Lipinski definition) is 5. The summed E-state index contributed by atoms with van der Waals surface area (Å²) in [5, 5.41) is 9.53. The molecule has 0 aromatic heterocycles. The molecule has 2 saturated heterocycles. The summed E-state index contributed by atoms with van der Waals surface area (Å²) in [6.45, 7) is 2.72. The zero-order valence-corrected chi connectivity index (χ0v) is 16.3. The van der Waals surface area contributed by atoms with Gasteiger partial charge in [0.1, 0.15) is 16.2 Å². The van der Waals surface area contributed by atoms with E-state index in [9.17, 15) is 23.1 Å². The van der Waals surface area contributed by atoms with Crippen LogP contribution >= 0.6 is 0 Å². The molecule has 0 aliphatic carbocycles. The van der Waals surface area contributed by atoms with Crippen LogP contribution in [-0.4, -0.2) is 66.9 Å². The summed E-state index contributed by atoms with van der Waals surface area (Å²) in [5.74, 6) is -1.38. The van der Waals surface area contributed by atoms with E-state index in [1.54, 1.807) is 0 Å². The van der Waals surface area contributed by atoms with Crippen molar-refractivity contribution in [2.45, 2.75) is 43.0 Å². The number of sulfonamides is 1. The molecule has 27 heavy (non-hydrogen) atoms. The van der Waals surface area contributed by atoms with Crippen molar-refractivity contribution in [3.8, 4) is 5.75 Å². The molecular formula is C18H24N2O6S. The van der Waals surface area contributed by atoms with Crippen LogP contribution in [0.4, 0.5) is 0 Å². The highest BCUT2D eigenvalue weighted by Crippen LogP contribution is 2.34. The van der Waals surface area contributed by atoms with Crippen molar-refractivity contribution in [1.82, 2.24) is 9.21 Å². The third-order valence-corrected chi connectivity index (χ3v) is 7.36. The van der Waals surface area contributed by atoms with Crippen LogP contribution in [0.3, 0.4) is 0 Å². The summed E-state index contributed by atoms with van der Waals surface area (Å²) in [6.07, 6.45) is 2.54. The van der Waals surface area contributed by atoms with Crippen LogP contribution in [0.2, 0.25) is 0 Å². The fraction of sp³-hybridized carbons (Fsp3) is 0.556. The Hall–Kier alpha value is -2.13. The number of carboxylic acid groups (broad SMARTS) is 1. The van der Waals surface area contributed by atoms with Gasteiger partial charge in [-0.1, -0.05) is 0 Å². The minimum absolute atomic E-state index is 0.0611. The molecule has 3 rings (SSSR count). The quantitative estimate of drug-likeness (QED) is 0.810. The molecular weight excluding hydrogens is 372 g/mol. The molecule has 0 bridgehead atoms. The summed E-state index contributed by atoms with van der Waals surface area (Å²) in [5.41, 5.74) is -1.15. The van der Waals surface area contributed by atoms with E-state index in [4.69, 9.17) is 4.74 Å². The lowest BCUT2D eigenvalue weighted by atomic mass is 9.98. The van der Waals surface area contributed by atoms with Gasteiger partial charge in [-0.3, -0.25) is 4.79 Å². The third kappa shape index (κ3) is 3.29. The van der Waals surface area contributed by atoms with Crippen molar-refractivity contribution in [3.05, 3.63) is 23.8 Å². The number of nitrogens with zero attached hydrogens (tertiary/aromatic N) is 2. The molecule has 2 heterocycles. The highest BCUT2D eigenvalue weighted by molar-refractivity contribution is 7.89. The number of ether oxygens (including phenoxy) is 1. The van der Waals surface area contributed by atoms with Crippen molar-refractivity contribution >= 4 is 21.9 Å². The minimum Gasteiger partial charge on any atom is -0.495 e. The van der Waals surface area contributed by atoms with E-state index in [2.05, 4.69) is 0 Å². The smallest absolute Gasteiger partial charge is 0.329 e. The van der Waals surface area contributed by atoms with Gasteiger partial charge in [-0.15, -0.1) is 0 Å². The van der Waals surface area contributed by atoms with Crippen LogP contribution in [0.1, 0.15) is 43.0 Å². The van der Waals surface area contributed by atoms with Crippen molar-refractivity contribution in [2.75, 3.05) is 26.7 Å². The zero-order valence-electron chi connectivity index (χ0n) is 15.5. The number of hydrogen-bond donors (Lipinski definition) is 1. The number of amides is 1.